The second kappa shape index (κ2) is 4.92. The molecule has 0 bridgehead atoms. The highest BCUT2D eigenvalue weighted by Gasteiger charge is 2.31. The van der Waals surface area contributed by atoms with Gasteiger partial charge in [-0.2, -0.15) is 0 Å². The molecule has 0 aromatic carbocycles. The lowest BCUT2D eigenvalue weighted by Gasteiger charge is -2.39. The molecule has 0 aliphatic heterocycles. The molecular formula is C12H23NO. The molecule has 0 aromatic heterocycles. The second-order valence-corrected chi connectivity index (χ2v) is 4.75. The summed E-state index contributed by atoms with van der Waals surface area (Å²) in [7, 11) is 0. The number of hydrogen-bond acceptors (Lipinski definition) is 2. The van der Waals surface area contributed by atoms with Crippen molar-refractivity contribution in [1.82, 2.24) is 4.90 Å². The third kappa shape index (κ3) is 2.57. The van der Waals surface area contributed by atoms with Gasteiger partial charge in [0.05, 0.1) is 0 Å². The van der Waals surface area contributed by atoms with E-state index in [0.717, 1.165) is 25.8 Å². The summed E-state index contributed by atoms with van der Waals surface area (Å²) in [6.07, 6.45) is 2.65. The van der Waals surface area contributed by atoms with Crippen molar-refractivity contribution in [3.05, 3.63) is 0 Å². The van der Waals surface area contributed by atoms with Gasteiger partial charge in [0.1, 0.15) is 5.78 Å². The van der Waals surface area contributed by atoms with E-state index in [4.69, 9.17) is 0 Å². The van der Waals surface area contributed by atoms with Gasteiger partial charge in [-0.15, -0.1) is 0 Å². The lowest BCUT2D eigenvalue weighted by atomic mass is 9.83. The van der Waals surface area contributed by atoms with E-state index in [0.29, 0.717) is 23.8 Å². The van der Waals surface area contributed by atoms with Gasteiger partial charge >= 0.3 is 0 Å². The summed E-state index contributed by atoms with van der Waals surface area (Å²) < 4.78 is 0. The first-order chi connectivity index (χ1) is 6.56. The maximum Gasteiger partial charge on any atom is 0.134 e. The van der Waals surface area contributed by atoms with E-state index in [1.54, 1.807) is 0 Å². The largest absolute Gasteiger partial charge is 0.300 e. The van der Waals surface area contributed by atoms with Gasteiger partial charge in [-0.1, -0.05) is 13.8 Å². The molecule has 1 aliphatic rings. The number of Topliss-reactive ketones (excluding diaryl/α,β-unsaturated/α-hetero) is 1. The fraction of sp³-hybridized carbons (Fsp3) is 0.917. The van der Waals surface area contributed by atoms with Gasteiger partial charge < -0.3 is 0 Å². The van der Waals surface area contributed by atoms with E-state index >= 15 is 0 Å². The van der Waals surface area contributed by atoms with Gasteiger partial charge in [0.2, 0.25) is 0 Å². The first kappa shape index (κ1) is 11.7. The summed E-state index contributed by atoms with van der Waals surface area (Å²) in [5.41, 5.74) is 0. The first-order valence-electron chi connectivity index (χ1n) is 5.83. The summed E-state index contributed by atoms with van der Waals surface area (Å²) in [5.74, 6) is 1.13. The molecule has 2 nitrogen and oxygen atoms in total. The van der Waals surface area contributed by atoms with E-state index in [1.807, 2.05) is 0 Å². The topological polar surface area (TPSA) is 20.3 Å². The Morgan fingerprint density at radius 3 is 2.64 bits per heavy atom. The van der Waals surface area contributed by atoms with Gasteiger partial charge in [0, 0.05) is 24.9 Å². The predicted octanol–water partition coefficient (Wildman–Crippen LogP) is 2.47. The molecule has 1 fully saturated rings. The molecule has 2 unspecified atom stereocenters. The lowest BCUT2D eigenvalue weighted by Crippen LogP contribution is -2.47. The quantitative estimate of drug-likeness (QED) is 0.692. The summed E-state index contributed by atoms with van der Waals surface area (Å²) in [5, 5.41) is 0. The van der Waals surface area contributed by atoms with E-state index in [1.165, 1.54) is 0 Å². The standard InChI is InChI=1S/C12H23NO/c1-5-13(9(2)3)12-8-11(14)7-6-10(12)4/h9-10,12H,5-8H2,1-4H3. The summed E-state index contributed by atoms with van der Waals surface area (Å²) >= 11 is 0. The monoisotopic (exact) mass is 197 g/mol. The SMILES string of the molecule is CCN(C(C)C)C1CC(=O)CCC1C. The molecule has 0 N–H and O–H groups in total. The zero-order valence-corrected chi connectivity index (χ0v) is 9.92. The van der Waals surface area contributed by atoms with Crippen LogP contribution in [0.1, 0.15) is 47.0 Å². The molecule has 1 aliphatic carbocycles. The van der Waals surface area contributed by atoms with Crippen molar-refractivity contribution in [2.75, 3.05) is 6.54 Å². The van der Waals surface area contributed by atoms with Gasteiger partial charge in [0.25, 0.3) is 0 Å². The van der Waals surface area contributed by atoms with Crippen molar-refractivity contribution in [3.8, 4) is 0 Å². The number of nitrogens with zero attached hydrogens (tertiary/aromatic N) is 1. The zero-order chi connectivity index (χ0) is 10.7. The van der Waals surface area contributed by atoms with Crippen LogP contribution in [-0.4, -0.2) is 29.3 Å². The Labute approximate surface area is 87.7 Å². The minimum atomic E-state index is 0.451. The molecule has 2 heteroatoms. The normalized spacial score (nSPS) is 28.9. The lowest BCUT2D eigenvalue weighted by molar-refractivity contribution is -0.123. The average molecular weight is 197 g/mol. The van der Waals surface area contributed by atoms with Crippen molar-refractivity contribution >= 4 is 5.78 Å². The minimum absolute atomic E-state index is 0.451. The van der Waals surface area contributed by atoms with Crippen molar-refractivity contribution in [2.45, 2.75) is 59.0 Å². The Balaban J connectivity index is 2.66. The minimum Gasteiger partial charge on any atom is -0.300 e. The van der Waals surface area contributed by atoms with Crippen LogP contribution >= 0.6 is 0 Å². The number of rotatable bonds is 3. The highest BCUT2D eigenvalue weighted by atomic mass is 16.1. The molecule has 0 aromatic rings. The molecule has 0 amide bonds. The van der Waals surface area contributed by atoms with Crippen molar-refractivity contribution < 1.29 is 4.79 Å². The average Bonchev–Trinajstić information content (AvgIpc) is 2.11. The Morgan fingerprint density at radius 2 is 2.14 bits per heavy atom. The summed E-state index contributed by atoms with van der Waals surface area (Å²) in [4.78, 5) is 13.9. The maximum absolute atomic E-state index is 11.4. The Morgan fingerprint density at radius 1 is 1.50 bits per heavy atom. The molecule has 0 saturated heterocycles. The fourth-order valence-electron chi connectivity index (χ4n) is 2.54. The van der Waals surface area contributed by atoms with Gasteiger partial charge in [0.15, 0.2) is 0 Å². The summed E-state index contributed by atoms with van der Waals surface area (Å²) in [6.45, 7) is 9.96. The molecule has 1 rings (SSSR count). The third-order valence-corrected chi connectivity index (χ3v) is 3.43. The van der Waals surface area contributed by atoms with E-state index in [-0.39, 0.29) is 0 Å². The van der Waals surface area contributed by atoms with E-state index in [9.17, 15) is 4.79 Å². The van der Waals surface area contributed by atoms with Crippen LogP contribution in [0.15, 0.2) is 0 Å². The molecule has 14 heavy (non-hydrogen) atoms. The fourth-order valence-corrected chi connectivity index (χ4v) is 2.54. The smallest absolute Gasteiger partial charge is 0.134 e. The summed E-state index contributed by atoms with van der Waals surface area (Å²) in [6, 6.07) is 1.04. The van der Waals surface area contributed by atoms with Crippen LogP contribution in [0.25, 0.3) is 0 Å². The number of ketones is 1. The third-order valence-electron chi connectivity index (χ3n) is 3.43. The number of hydrogen-bond donors (Lipinski definition) is 0. The molecule has 82 valence electrons. The highest BCUT2D eigenvalue weighted by molar-refractivity contribution is 5.79. The van der Waals surface area contributed by atoms with E-state index < -0.39 is 0 Å². The van der Waals surface area contributed by atoms with Gasteiger partial charge in [-0.25, -0.2) is 0 Å². The molecule has 2 atom stereocenters. The number of carbonyl (C=O) groups is 1. The Kier molecular flexibility index (Phi) is 4.11. The second-order valence-electron chi connectivity index (χ2n) is 4.75. The maximum atomic E-state index is 11.4. The van der Waals surface area contributed by atoms with Crippen LogP contribution in [0.4, 0.5) is 0 Å². The zero-order valence-electron chi connectivity index (χ0n) is 9.92. The molecule has 1 saturated carbocycles. The van der Waals surface area contributed by atoms with E-state index in [2.05, 4.69) is 32.6 Å². The van der Waals surface area contributed by atoms with Crippen LogP contribution in [-0.2, 0) is 4.79 Å². The van der Waals surface area contributed by atoms with Crippen molar-refractivity contribution in [2.24, 2.45) is 5.92 Å². The Bertz CT molecular complexity index is 200. The van der Waals surface area contributed by atoms with Gasteiger partial charge in [-0.05, 0) is 32.7 Å². The van der Waals surface area contributed by atoms with Crippen LogP contribution < -0.4 is 0 Å². The van der Waals surface area contributed by atoms with Crippen molar-refractivity contribution in [1.29, 1.82) is 0 Å². The molecule has 0 radical (unpaired) electrons. The molecular weight excluding hydrogens is 174 g/mol. The van der Waals surface area contributed by atoms with Gasteiger partial charge in [-0.3, -0.25) is 9.69 Å². The van der Waals surface area contributed by atoms with Crippen LogP contribution in [0.5, 0.6) is 0 Å². The van der Waals surface area contributed by atoms with Crippen LogP contribution in [0, 0.1) is 5.92 Å². The molecule has 0 spiro atoms. The number of carbonyl (C=O) groups excluding carboxylic acids is 1. The first-order valence-corrected chi connectivity index (χ1v) is 5.83. The van der Waals surface area contributed by atoms with Crippen LogP contribution in [0.3, 0.4) is 0 Å². The predicted molar refractivity (Wildman–Crippen MR) is 59.3 cm³/mol. The Hall–Kier alpha value is -0.370. The van der Waals surface area contributed by atoms with Crippen LogP contribution in [0.2, 0.25) is 0 Å². The highest BCUT2D eigenvalue weighted by Crippen LogP contribution is 2.27. The van der Waals surface area contributed by atoms with Crippen molar-refractivity contribution in [3.63, 3.8) is 0 Å². The molecule has 0 heterocycles.